The lowest BCUT2D eigenvalue weighted by Gasteiger charge is -2.00. The van der Waals surface area contributed by atoms with Gasteiger partial charge in [0.2, 0.25) is 0 Å². The first kappa shape index (κ1) is 14.7. The number of aromatic nitrogens is 1. The Bertz CT molecular complexity index is 1290. The highest BCUT2D eigenvalue weighted by Gasteiger charge is 2.20. The van der Waals surface area contributed by atoms with Crippen molar-refractivity contribution in [1.29, 1.82) is 0 Å². The standard InChI is InChI=1S/C22H14N2O2/c25-21-19(13-7-3-1-4-8-13)15-11-18-16(12-17(15)23-21)20(22(26)24-18)14-9-5-2-6-10-14/h1-12,23,25H. The van der Waals surface area contributed by atoms with E-state index in [1.807, 2.05) is 72.8 Å². The third-order valence-electron chi connectivity index (χ3n) is 4.73. The molecule has 1 amide bonds. The van der Waals surface area contributed by atoms with Crippen molar-refractivity contribution < 1.29 is 9.90 Å². The van der Waals surface area contributed by atoms with Crippen LogP contribution in [0.25, 0.3) is 27.6 Å². The predicted octanol–water partition coefficient (Wildman–Crippen LogP) is 2.90. The van der Waals surface area contributed by atoms with Gasteiger partial charge < -0.3 is 10.1 Å². The zero-order chi connectivity index (χ0) is 17.7. The molecule has 0 radical (unpaired) electrons. The molecule has 2 heterocycles. The third-order valence-corrected chi connectivity index (χ3v) is 4.73. The van der Waals surface area contributed by atoms with E-state index in [0.717, 1.165) is 32.8 Å². The van der Waals surface area contributed by atoms with Gasteiger partial charge in [-0.15, -0.1) is 0 Å². The van der Waals surface area contributed by atoms with Crippen molar-refractivity contribution in [2.75, 3.05) is 0 Å². The molecule has 1 aliphatic heterocycles. The minimum atomic E-state index is -0.232. The second-order valence-corrected chi connectivity index (χ2v) is 6.29. The molecule has 26 heavy (non-hydrogen) atoms. The van der Waals surface area contributed by atoms with Crippen LogP contribution in [0, 0.1) is 0 Å². The first-order valence-corrected chi connectivity index (χ1v) is 8.35. The van der Waals surface area contributed by atoms with Gasteiger partial charge >= 0.3 is 0 Å². The Morgan fingerprint density at radius 2 is 1.50 bits per heavy atom. The maximum Gasteiger partial charge on any atom is 0.278 e. The Kier molecular flexibility index (Phi) is 3.06. The number of carbonyl (C=O) groups excluding carboxylic acids is 1. The van der Waals surface area contributed by atoms with Gasteiger partial charge in [-0.25, -0.2) is 4.99 Å². The molecule has 2 N–H and O–H groups in total. The van der Waals surface area contributed by atoms with Gasteiger partial charge in [-0.3, -0.25) is 4.79 Å². The van der Waals surface area contributed by atoms with Crippen molar-refractivity contribution in [2.24, 2.45) is 4.99 Å². The molecular formula is C22H14N2O2. The van der Waals surface area contributed by atoms with Crippen molar-refractivity contribution in [3.8, 4) is 17.0 Å². The lowest BCUT2D eigenvalue weighted by molar-refractivity contribution is -0.112. The van der Waals surface area contributed by atoms with Gasteiger partial charge in [-0.1, -0.05) is 60.7 Å². The predicted molar refractivity (Wildman–Crippen MR) is 100 cm³/mol. The zero-order valence-electron chi connectivity index (χ0n) is 13.7. The molecule has 0 saturated carbocycles. The van der Waals surface area contributed by atoms with E-state index in [1.54, 1.807) is 0 Å². The summed E-state index contributed by atoms with van der Waals surface area (Å²) in [6.45, 7) is 0. The van der Waals surface area contributed by atoms with Gasteiger partial charge in [0.05, 0.1) is 16.5 Å². The maximum atomic E-state index is 12.5. The van der Waals surface area contributed by atoms with Crippen LogP contribution in [0.15, 0.2) is 77.8 Å². The maximum absolute atomic E-state index is 12.5. The molecule has 4 nitrogen and oxygen atoms in total. The summed E-state index contributed by atoms with van der Waals surface area (Å²) in [5, 5.41) is 12.7. The summed E-state index contributed by atoms with van der Waals surface area (Å²) >= 11 is 0. The number of amides is 1. The molecule has 0 spiro atoms. The van der Waals surface area contributed by atoms with E-state index in [4.69, 9.17) is 0 Å². The van der Waals surface area contributed by atoms with Gasteiger partial charge in [-0.2, -0.15) is 0 Å². The molecule has 0 bridgehead atoms. The number of aromatic hydroxyl groups is 1. The van der Waals surface area contributed by atoms with Crippen molar-refractivity contribution in [2.45, 2.75) is 0 Å². The molecule has 0 aliphatic carbocycles. The fourth-order valence-corrected chi connectivity index (χ4v) is 3.57. The molecule has 1 aromatic heterocycles. The highest BCUT2D eigenvalue weighted by molar-refractivity contribution is 6.21. The Morgan fingerprint density at radius 3 is 2.19 bits per heavy atom. The molecule has 0 fully saturated rings. The van der Waals surface area contributed by atoms with Crippen LogP contribution in [-0.4, -0.2) is 16.0 Å². The molecular weight excluding hydrogens is 324 g/mol. The minimum Gasteiger partial charge on any atom is -0.494 e. The van der Waals surface area contributed by atoms with E-state index < -0.39 is 0 Å². The summed E-state index contributed by atoms with van der Waals surface area (Å²) in [4.78, 5) is 19.8. The topological polar surface area (TPSA) is 65.4 Å². The number of nitrogens with zero attached hydrogens (tertiary/aromatic N) is 1. The van der Waals surface area contributed by atoms with E-state index >= 15 is 0 Å². The Hall–Kier alpha value is -3.66. The summed E-state index contributed by atoms with van der Waals surface area (Å²) < 4.78 is 0. The number of carbonyl (C=O) groups is 1. The first-order valence-electron chi connectivity index (χ1n) is 8.35. The van der Waals surface area contributed by atoms with Gasteiger partial charge in [-0.05, 0) is 23.3 Å². The van der Waals surface area contributed by atoms with Gasteiger partial charge in [0.25, 0.3) is 5.91 Å². The molecule has 4 heteroatoms. The molecule has 1 aliphatic rings. The van der Waals surface area contributed by atoms with Crippen molar-refractivity contribution in [1.82, 2.24) is 4.98 Å². The molecule has 124 valence electrons. The summed E-state index contributed by atoms with van der Waals surface area (Å²) in [5.41, 5.74) is 3.85. The van der Waals surface area contributed by atoms with Crippen molar-refractivity contribution >= 4 is 22.4 Å². The van der Waals surface area contributed by atoms with E-state index in [0.29, 0.717) is 10.9 Å². The van der Waals surface area contributed by atoms with Crippen molar-refractivity contribution in [3.05, 3.63) is 88.9 Å². The average Bonchev–Trinajstić information content (AvgIpc) is 3.15. The molecule has 5 rings (SSSR count). The zero-order valence-corrected chi connectivity index (χ0v) is 13.7. The summed E-state index contributed by atoms with van der Waals surface area (Å²) in [6.07, 6.45) is 0. The lowest BCUT2D eigenvalue weighted by Crippen LogP contribution is -2.23. The Morgan fingerprint density at radius 1 is 0.846 bits per heavy atom. The van der Waals surface area contributed by atoms with Crippen molar-refractivity contribution in [3.63, 3.8) is 0 Å². The highest BCUT2D eigenvalue weighted by Crippen LogP contribution is 2.35. The van der Waals surface area contributed by atoms with Crippen LogP contribution in [0.4, 0.5) is 0 Å². The summed E-state index contributed by atoms with van der Waals surface area (Å²) in [7, 11) is 0. The number of hydrogen-bond acceptors (Lipinski definition) is 2. The second kappa shape index (κ2) is 5.43. The van der Waals surface area contributed by atoms with Crippen LogP contribution < -0.4 is 10.6 Å². The van der Waals surface area contributed by atoms with Crippen LogP contribution in [0.1, 0.15) is 5.56 Å². The highest BCUT2D eigenvalue weighted by atomic mass is 16.3. The van der Waals surface area contributed by atoms with E-state index in [1.165, 1.54) is 0 Å². The number of benzene rings is 3. The molecule has 0 saturated heterocycles. The molecule has 0 atom stereocenters. The average molecular weight is 338 g/mol. The smallest absolute Gasteiger partial charge is 0.278 e. The molecule has 0 unspecified atom stereocenters. The van der Waals surface area contributed by atoms with Crippen LogP contribution in [0.2, 0.25) is 0 Å². The Labute approximate surface area is 148 Å². The number of H-pyrrole nitrogens is 1. The van der Waals surface area contributed by atoms with Crippen LogP contribution in [0.5, 0.6) is 5.88 Å². The number of fused-ring (bicyclic) bond motifs is 2. The summed E-state index contributed by atoms with van der Waals surface area (Å²) in [5.74, 6) is -0.119. The minimum absolute atomic E-state index is 0.113. The first-order chi connectivity index (χ1) is 12.7. The Balaban J connectivity index is 1.85. The number of aromatic amines is 1. The normalized spacial score (nSPS) is 13.1. The van der Waals surface area contributed by atoms with Gasteiger partial charge in [0.1, 0.15) is 0 Å². The fraction of sp³-hybridized carbons (Fsp3) is 0. The lowest BCUT2D eigenvalue weighted by atomic mass is 10.0. The largest absolute Gasteiger partial charge is 0.494 e. The number of nitrogens with one attached hydrogen (secondary N) is 1. The van der Waals surface area contributed by atoms with Crippen LogP contribution in [-0.2, 0) is 4.79 Å². The summed E-state index contributed by atoms with van der Waals surface area (Å²) in [6, 6.07) is 23.0. The number of rotatable bonds is 2. The second-order valence-electron chi connectivity index (χ2n) is 6.29. The third kappa shape index (κ3) is 2.09. The fourth-order valence-electron chi connectivity index (χ4n) is 3.57. The van der Waals surface area contributed by atoms with E-state index in [9.17, 15) is 9.90 Å². The van der Waals surface area contributed by atoms with Gasteiger partial charge in [0.15, 0.2) is 5.88 Å². The monoisotopic (exact) mass is 338 g/mol. The van der Waals surface area contributed by atoms with Crippen LogP contribution >= 0.6 is 0 Å². The van der Waals surface area contributed by atoms with Crippen LogP contribution in [0.3, 0.4) is 0 Å². The van der Waals surface area contributed by atoms with Gasteiger partial charge in [0, 0.05) is 16.1 Å². The SMILES string of the molecule is O=C1N=c2cc3c(-c4ccccc4)c(O)[nH]c3cc2=C1c1ccccc1. The van der Waals surface area contributed by atoms with E-state index in [-0.39, 0.29) is 11.8 Å². The van der Waals surface area contributed by atoms with E-state index in [2.05, 4.69) is 9.98 Å². The molecule has 4 aromatic rings. The quantitative estimate of drug-likeness (QED) is 0.590. The number of hydrogen-bond donors (Lipinski definition) is 2. The molecule has 3 aromatic carbocycles.